The van der Waals surface area contributed by atoms with Gasteiger partial charge in [-0.15, -0.1) is 0 Å². The summed E-state index contributed by atoms with van der Waals surface area (Å²) in [4.78, 5) is 0. The van der Waals surface area contributed by atoms with Crippen molar-refractivity contribution in [3.63, 3.8) is 0 Å². The van der Waals surface area contributed by atoms with E-state index in [4.69, 9.17) is 28.3 Å². The Bertz CT molecular complexity index is 874. The standard InChI is InChI=1S/C20H19Cl2N3/c21-15-7-8-16(17(22)12-15)19-13-20-18(23-10-11-25(20)24-19)9-6-14-4-2-1-3-5-14/h1-5,7-8,12-13,18,23H,6,9-11H2/t18-/m0/s1. The summed E-state index contributed by atoms with van der Waals surface area (Å²) in [6.07, 6.45) is 2.09. The highest BCUT2D eigenvalue weighted by molar-refractivity contribution is 6.36. The van der Waals surface area contributed by atoms with Crippen LogP contribution in [0.25, 0.3) is 11.3 Å². The lowest BCUT2D eigenvalue weighted by Crippen LogP contribution is -2.33. The molecule has 2 aromatic carbocycles. The van der Waals surface area contributed by atoms with Crippen molar-refractivity contribution >= 4 is 23.2 Å². The average molecular weight is 372 g/mol. The van der Waals surface area contributed by atoms with Gasteiger partial charge >= 0.3 is 0 Å². The minimum atomic E-state index is 0.307. The van der Waals surface area contributed by atoms with Crippen molar-refractivity contribution in [2.75, 3.05) is 6.54 Å². The van der Waals surface area contributed by atoms with Crippen LogP contribution in [0.2, 0.25) is 10.0 Å². The summed E-state index contributed by atoms with van der Waals surface area (Å²) in [7, 11) is 0. The van der Waals surface area contributed by atoms with Gasteiger partial charge in [0.2, 0.25) is 0 Å². The Hall–Kier alpha value is -1.81. The molecule has 128 valence electrons. The molecule has 0 bridgehead atoms. The molecular formula is C20H19Cl2N3. The van der Waals surface area contributed by atoms with Gasteiger partial charge in [0.1, 0.15) is 0 Å². The van der Waals surface area contributed by atoms with E-state index in [1.54, 1.807) is 6.07 Å². The Labute approximate surface area is 157 Å². The molecule has 5 heteroatoms. The van der Waals surface area contributed by atoms with Gasteiger partial charge in [0.05, 0.1) is 23.0 Å². The van der Waals surface area contributed by atoms with Gasteiger partial charge in [-0.1, -0.05) is 53.5 Å². The second-order valence-corrected chi connectivity index (χ2v) is 7.18. The molecule has 0 fully saturated rings. The number of nitrogens with one attached hydrogen (secondary N) is 1. The summed E-state index contributed by atoms with van der Waals surface area (Å²) in [5, 5.41) is 9.66. The predicted octanol–water partition coefficient (Wildman–Crippen LogP) is 5.13. The van der Waals surface area contributed by atoms with Crippen molar-refractivity contribution in [3.05, 3.63) is 75.9 Å². The SMILES string of the molecule is Clc1ccc(-c2cc3n(n2)CCN[C@H]3CCc2ccccc2)c(Cl)c1. The Kier molecular flexibility index (Phi) is 4.80. The van der Waals surface area contributed by atoms with E-state index in [9.17, 15) is 0 Å². The number of aryl methyl sites for hydroxylation is 1. The van der Waals surface area contributed by atoms with Crippen LogP contribution in [0.1, 0.15) is 23.7 Å². The first-order valence-corrected chi connectivity index (χ1v) is 9.27. The molecule has 3 aromatic rings. The number of fused-ring (bicyclic) bond motifs is 1. The maximum atomic E-state index is 6.36. The first kappa shape index (κ1) is 16.6. The molecule has 0 amide bonds. The fourth-order valence-corrected chi connectivity index (χ4v) is 3.88. The van der Waals surface area contributed by atoms with Crippen molar-refractivity contribution in [1.82, 2.24) is 15.1 Å². The number of hydrogen-bond donors (Lipinski definition) is 1. The van der Waals surface area contributed by atoms with Crippen LogP contribution in [0.3, 0.4) is 0 Å². The predicted molar refractivity (Wildman–Crippen MR) is 103 cm³/mol. The van der Waals surface area contributed by atoms with Gasteiger partial charge in [-0.2, -0.15) is 5.10 Å². The number of aromatic nitrogens is 2. The number of nitrogens with zero attached hydrogens (tertiary/aromatic N) is 2. The third kappa shape index (κ3) is 3.59. The Morgan fingerprint density at radius 2 is 1.92 bits per heavy atom. The van der Waals surface area contributed by atoms with E-state index < -0.39 is 0 Å². The largest absolute Gasteiger partial charge is 0.307 e. The molecule has 0 unspecified atom stereocenters. The Morgan fingerprint density at radius 3 is 2.72 bits per heavy atom. The van der Waals surface area contributed by atoms with E-state index in [2.05, 4.69) is 46.4 Å². The first-order valence-electron chi connectivity index (χ1n) is 8.51. The van der Waals surface area contributed by atoms with Crippen molar-refractivity contribution in [1.29, 1.82) is 0 Å². The number of benzene rings is 2. The smallest absolute Gasteiger partial charge is 0.0941 e. The van der Waals surface area contributed by atoms with E-state index in [1.165, 1.54) is 11.3 Å². The van der Waals surface area contributed by atoms with Crippen LogP contribution in [-0.2, 0) is 13.0 Å². The molecule has 3 nitrogen and oxygen atoms in total. The molecule has 1 aliphatic heterocycles. The Balaban J connectivity index is 1.58. The van der Waals surface area contributed by atoms with Gasteiger partial charge in [0.25, 0.3) is 0 Å². The highest BCUT2D eigenvalue weighted by Gasteiger charge is 2.23. The molecule has 1 aromatic heterocycles. The monoisotopic (exact) mass is 371 g/mol. The lowest BCUT2D eigenvalue weighted by molar-refractivity contribution is 0.385. The number of halogens is 2. The van der Waals surface area contributed by atoms with Gasteiger partial charge < -0.3 is 5.32 Å². The van der Waals surface area contributed by atoms with Crippen LogP contribution >= 0.6 is 23.2 Å². The second kappa shape index (κ2) is 7.20. The molecule has 25 heavy (non-hydrogen) atoms. The highest BCUT2D eigenvalue weighted by atomic mass is 35.5. The Morgan fingerprint density at radius 1 is 1.08 bits per heavy atom. The molecule has 1 atom stereocenters. The fourth-order valence-electron chi connectivity index (χ4n) is 3.37. The van der Waals surface area contributed by atoms with Gasteiger partial charge in [0.15, 0.2) is 0 Å². The second-order valence-electron chi connectivity index (χ2n) is 6.33. The normalized spacial score (nSPS) is 16.6. The van der Waals surface area contributed by atoms with Gasteiger partial charge in [-0.3, -0.25) is 4.68 Å². The summed E-state index contributed by atoms with van der Waals surface area (Å²) in [5.74, 6) is 0. The van der Waals surface area contributed by atoms with Crippen LogP contribution < -0.4 is 5.32 Å². The summed E-state index contributed by atoms with van der Waals surface area (Å²) >= 11 is 12.4. The average Bonchev–Trinajstić information content (AvgIpc) is 3.05. The van der Waals surface area contributed by atoms with Crippen molar-refractivity contribution < 1.29 is 0 Å². The third-order valence-electron chi connectivity index (χ3n) is 4.65. The van der Waals surface area contributed by atoms with Crippen LogP contribution in [0.4, 0.5) is 0 Å². The number of rotatable bonds is 4. The molecule has 4 rings (SSSR count). The van der Waals surface area contributed by atoms with Gasteiger partial charge in [-0.25, -0.2) is 0 Å². The van der Waals surface area contributed by atoms with E-state index in [-0.39, 0.29) is 0 Å². The summed E-state index contributed by atoms with van der Waals surface area (Å²) in [6.45, 7) is 1.81. The van der Waals surface area contributed by atoms with Gasteiger partial charge in [0, 0.05) is 23.2 Å². The minimum absolute atomic E-state index is 0.307. The lowest BCUT2D eigenvalue weighted by atomic mass is 10.0. The zero-order valence-corrected chi connectivity index (χ0v) is 15.3. The maximum Gasteiger partial charge on any atom is 0.0941 e. The lowest BCUT2D eigenvalue weighted by Gasteiger charge is -2.25. The quantitative estimate of drug-likeness (QED) is 0.688. The van der Waals surface area contributed by atoms with Gasteiger partial charge in [-0.05, 0) is 42.7 Å². The minimum Gasteiger partial charge on any atom is -0.307 e. The number of hydrogen-bond acceptors (Lipinski definition) is 2. The molecule has 1 N–H and O–H groups in total. The third-order valence-corrected chi connectivity index (χ3v) is 5.20. The van der Waals surface area contributed by atoms with Crippen molar-refractivity contribution in [2.45, 2.75) is 25.4 Å². The van der Waals surface area contributed by atoms with Crippen molar-refractivity contribution in [3.8, 4) is 11.3 Å². The molecule has 0 saturated heterocycles. The van der Waals surface area contributed by atoms with E-state index in [0.29, 0.717) is 16.1 Å². The van der Waals surface area contributed by atoms with E-state index in [1.807, 2.05) is 12.1 Å². The summed E-state index contributed by atoms with van der Waals surface area (Å²) in [5.41, 5.74) is 4.42. The zero-order chi connectivity index (χ0) is 17.2. The molecule has 1 aliphatic rings. The highest BCUT2D eigenvalue weighted by Crippen LogP contribution is 2.32. The topological polar surface area (TPSA) is 29.9 Å². The van der Waals surface area contributed by atoms with Crippen LogP contribution in [0.15, 0.2) is 54.6 Å². The molecule has 0 saturated carbocycles. The van der Waals surface area contributed by atoms with E-state index in [0.717, 1.165) is 37.2 Å². The van der Waals surface area contributed by atoms with Crippen LogP contribution in [0.5, 0.6) is 0 Å². The van der Waals surface area contributed by atoms with E-state index >= 15 is 0 Å². The van der Waals surface area contributed by atoms with Crippen LogP contribution in [-0.4, -0.2) is 16.3 Å². The first-order chi connectivity index (χ1) is 12.2. The molecule has 0 spiro atoms. The summed E-state index contributed by atoms with van der Waals surface area (Å²) in [6, 6.07) is 18.6. The fraction of sp³-hybridized carbons (Fsp3) is 0.250. The van der Waals surface area contributed by atoms with Crippen molar-refractivity contribution in [2.24, 2.45) is 0 Å². The molecule has 0 aliphatic carbocycles. The molecule has 0 radical (unpaired) electrons. The van der Waals surface area contributed by atoms with Crippen LogP contribution in [0, 0.1) is 0 Å². The summed E-state index contributed by atoms with van der Waals surface area (Å²) < 4.78 is 2.10. The zero-order valence-electron chi connectivity index (χ0n) is 13.8. The maximum absolute atomic E-state index is 6.36. The molecular weight excluding hydrogens is 353 g/mol. The molecule has 2 heterocycles.